The summed E-state index contributed by atoms with van der Waals surface area (Å²) in [6, 6.07) is 1.10. The van der Waals surface area contributed by atoms with Crippen LogP contribution in [0.15, 0.2) is 17.5 Å². The molecule has 1 aliphatic rings. The monoisotopic (exact) mass is 392 g/mol. The zero-order valence-corrected chi connectivity index (χ0v) is 14.5. The fourth-order valence-corrected chi connectivity index (χ4v) is 3.60. The average molecular weight is 392 g/mol. The lowest BCUT2D eigenvalue weighted by molar-refractivity contribution is -0.145. The second kappa shape index (κ2) is 8.39. The SMILES string of the molecule is NC(=O)NC(CC(=O)N1CCCC1C(=O)NCC(F)(F)F)c1cccs1. The van der Waals surface area contributed by atoms with Crippen LogP contribution in [0.5, 0.6) is 0 Å². The minimum atomic E-state index is -4.52. The van der Waals surface area contributed by atoms with Crippen molar-refractivity contribution >= 4 is 29.2 Å². The Bertz CT molecular complexity index is 651. The number of halogens is 3. The van der Waals surface area contributed by atoms with Crippen molar-refractivity contribution in [3.05, 3.63) is 22.4 Å². The van der Waals surface area contributed by atoms with Crippen LogP contribution in [0.1, 0.15) is 30.2 Å². The maximum atomic E-state index is 12.6. The highest BCUT2D eigenvalue weighted by molar-refractivity contribution is 7.10. The zero-order chi connectivity index (χ0) is 19.3. The molecular formula is C15H19F3N4O3S. The van der Waals surface area contributed by atoms with Crippen molar-refractivity contribution < 1.29 is 27.6 Å². The number of hydrogen-bond acceptors (Lipinski definition) is 4. The minimum absolute atomic E-state index is 0.132. The predicted octanol–water partition coefficient (Wildman–Crippen LogP) is 1.52. The zero-order valence-electron chi connectivity index (χ0n) is 13.7. The molecular weight excluding hydrogens is 373 g/mol. The van der Waals surface area contributed by atoms with Gasteiger partial charge in [0.05, 0.1) is 12.5 Å². The molecule has 0 aromatic carbocycles. The van der Waals surface area contributed by atoms with Gasteiger partial charge in [-0.1, -0.05) is 6.07 Å². The summed E-state index contributed by atoms with van der Waals surface area (Å²) in [5, 5.41) is 6.07. The van der Waals surface area contributed by atoms with E-state index >= 15 is 0 Å². The normalized spacial score (nSPS) is 18.4. The topological polar surface area (TPSA) is 105 Å². The summed E-state index contributed by atoms with van der Waals surface area (Å²) in [5.74, 6) is -1.26. The van der Waals surface area contributed by atoms with Crippen LogP contribution in [0.25, 0.3) is 0 Å². The molecule has 1 fully saturated rings. The molecule has 4 N–H and O–H groups in total. The number of amides is 4. The third-order valence-corrected chi connectivity index (χ3v) is 4.91. The van der Waals surface area contributed by atoms with E-state index < -0.39 is 42.7 Å². The van der Waals surface area contributed by atoms with Crippen molar-refractivity contribution in [1.82, 2.24) is 15.5 Å². The van der Waals surface area contributed by atoms with Crippen molar-refractivity contribution in [2.75, 3.05) is 13.1 Å². The summed E-state index contributed by atoms with van der Waals surface area (Å²) >= 11 is 1.33. The number of rotatable bonds is 6. The molecule has 2 heterocycles. The molecule has 1 aliphatic heterocycles. The molecule has 4 amide bonds. The van der Waals surface area contributed by atoms with Gasteiger partial charge in [-0.05, 0) is 24.3 Å². The fraction of sp³-hybridized carbons (Fsp3) is 0.533. The minimum Gasteiger partial charge on any atom is -0.352 e. The summed E-state index contributed by atoms with van der Waals surface area (Å²) in [4.78, 5) is 37.7. The Morgan fingerprint density at radius 3 is 2.69 bits per heavy atom. The Labute approximate surface area is 151 Å². The van der Waals surface area contributed by atoms with Crippen LogP contribution in [-0.2, 0) is 9.59 Å². The van der Waals surface area contributed by atoms with Crippen LogP contribution in [-0.4, -0.2) is 48.1 Å². The van der Waals surface area contributed by atoms with Gasteiger partial charge in [-0.15, -0.1) is 11.3 Å². The molecule has 0 spiro atoms. The number of urea groups is 1. The second-order valence-corrected chi connectivity index (χ2v) is 6.84. The third-order valence-electron chi connectivity index (χ3n) is 3.92. The van der Waals surface area contributed by atoms with E-state index in [1.807, 2.05) is 5.32 Å². The summed E-state index contributed by atoms with van der Waals surface area (Å²) in [7, 11) is 0. The lowest BCUT2D eigenvalue weighted by Crippen LogP contribution is -2.48. The van der Waals surface area contributed by atoms with Gasteiger partial charge in [0.15, 0.2) is 0 Å². The highest BCUT2D eigenvalue weighted by atomic mass is 32.1. The van der Waals surface area contributed by atoms with Crippen molar-refractivity contribution in [3.8, 4) is 0 Å². The summed E-state index contributed by atoms with van der Waals surface area (Å²) < 4.78 is 36.8. The lowest BCUT2D eigenvalue weighted by Gasteiger charge is -2.26. The van der Waals surface area contributed by atoms with Gasteiger partial charge in [0, 0.05) is 11.4 Å². The van der Waals surface area contributed by atoms with Gasteiger partial charge in [0.25, 0.3) is 0 Å². The highest BCUT2D eigenvalue weighted by Gasteiger charge is 2.37. The number of thiophene rings is 1. The Kier molecular flexibility index (Phi) is 6.46. The molecule has 7 nitrogen and oxygen atoms in total. The molecule has 0 bridgehead atoms. The van der Waals surface area contributed by atoms with Crippen molar-refractivity contribution in [3.63, 3.8) is 0 Å². The molecule has 2 atom stereocenters. The maximum Gasteiger partial charge on any atom is 0.405 e. The van der Waals surface area contributed by atoms with Crippen molar-refractivity contribution in [2.24, 2.45) is 5.73 Å². The van der Waals surface area contributed by atoms with E-state index in [1.54, 1.807) is 17.5 Å². The Balaban J connectivity index is 2.02. The standard InChI is InChI=1S/C15H19F3N4O3S/c16-15(17,18)8-20-13(24)10-3-1-5-22(10)12(23)7-9(21-14(19)25)11-4-2-6-26-11/h2,4,6,9-10H,1,3,5,7-8H2,(H,20,24)(H3,19,21,25). The Morgan fingerprint density at radius 1 is 1.38 bits per heavy atom. The van der Waals surface area contributed by atoms with Gasteiger partial charge < -0.3 is 21.3 Å². The van der Waals surface area contributed by atoms with Crippen LogP contribution in [0.4, 0.5) is 18.0 Å². The molecule has 2 rings (SSSR count). The van der Waals surface area contributed by atoms with E-state index in [9.17, 15) is 27.6 Å². The van der Waals surface area contributed by atoms with E-state index in [0.717, 1.165) is 4.88 Å². The summed E-state index contributed by atoms with van der Waals surface area (Å²) in [6.07, 6.45) is -3.84. The molecule has 1 aromatic rings. The Hall–Kier alpha value is -2.30. The molecule has 1 saturated heterocycles. The quantitative estimate of drug-likeness (QED) is 0.684. The van der Waals surface area contributed by atoms with E-state index in [1.165, 1.54) is 16.2 Å². The van der Waals surface area contributed by atoms with Gasteiger partial charge >= 0.3 is 12.2 Å². The third kappa shape index (κ3) is 5.61. The van der Waals surface area contributed by atoms with Crippen LogP contribution in [0.3, 0.4) is 0 Å². The van der Waals surface area contributed by atoms with E-state index in [-0.39, 0.29) is 13.0 Å². The molecule has 2 unspecified atom stereocenters. The summed E-state index contributed by atoms with van der Waals surface area (Å²) in [5.41, 5.74) is 5.14. The number of nitrogens with zero attached hydrogens (tertiary/aromatic N) is 1. The van der Waals surface area contributed by atoms with Crippen molar-refractivity contribution in [2.45, 2.75) is 37.5 Å². The van der Waals surface area contributed by atoms with Crippen molar-refractivity contribution in [1.29, 1.82) is 0 Å². The number of alkyl halides is 3. The molecule has 26 heavy (non-hydrogen) atoms. The number of hydrogen-bond donors (Lipinski definition) is 3. The second-order valence-electron chi connectivity index (χ2n) is 5.86. The maximum absolute atomic E-state index is 12.6. The highest BCUT2D eigenvalue weighted by Crippen LogP contribution is 2.26. The number of nitrogens with one attached hydrogen (secondary N) is 2. The molecule has 0 aliphatic carbocycles. The predicted molar refractivity (Wildman–Crippen MR) is 88.2 cm³/mol. The van der Waals surface area contributed by atoms with Crippen LogP contribution in [0, 0.1) is 0 Å². The van der Waals surface area contributed by atoms with E-state index in [4.69, 9.17) is 5.73 Å². The number of carbonyl (C=O) groups excluding carboxylic acids is 3. The average Bonchev–Trinajstić information content (AvgIpc) is 3.21. The molecule has 144 valence electrons. The van der Waals surface area contributed by atoms with Crippen LogP contribution < -0.4 is 16.4 Å². The first-order chi connectivity index (χ1) is 12.2. The van der Waals surface area contributed by atoms with Gasteiger partial charge in [0.1, 0.15) is 12.6 Å². The largest absolute Gasteiger partial charge is 0.405 e. The number of primary amides is 1. The van der Waals surface area contributed by atoms with Crippen LogP contribution in [0.2, 0.25) is 0 Å². The molecule has 1 aromatic heterocycles. The van der Waals surface area contributed by atoms with Gasteiger partial charge in [-0.25, -0.2) is 4.79 Å². The fourth-order valence-electron chi connectivity index (χ4n) is 2.82. The van der Waals surface area contributed by atoms with Crippen LogP contribution >= 0.6 is 11.3 Å². The van der Waals surface area contributed by atoms with Gasteiger partial charge in [-0.2, -0.15) is 13.2 Å². The summed E-state index contributed by atoms with van der Waals surface area (Å²) in [6.45, 7) is -1.16. The molecule has 0 radical (unpaired) electrons. The van der Waals surface area contributed by atoms with Gasteiger partial charge in [-0.3, -0.25) is 9.59 Å². The number of nitrogens with two attached hydrogens (primary N) is 1. The first kappa shape index (κ1) is 20.0. The smallest absolute Gasteiger partial charge is 0.352 e. The first-order valence-corrected chi connectivity index (χ1v) is 8.78. The van der Waals surface area contributed by atoms with E-state index in [2.05, 4.69) is 5.32 Å². The van der Waals surface area contributed by atoms with E-state index in [0.29, 0.717) is 12.8 Å². The molecule has 11 heteroatoms. The molecule has 0 saturated carbocycles. The number of carbonyl (C=O) groups is 3. The first-order valence-electron chi connectivity index (χ1n) is 7.90. The Morgan fingerprint density at radius 2 is 2.12 bits per heavy atom. The lowest BCUT2D eigenvalue weighted by atomic mass is 10.1. The number of likely N-dealkylation sites (tertiary alicyclic amines) is 1. The van der Waals surface area contributed by atoms with Gasteiger partial charge in [0.2, 0.25) is 11.8 Å².